The van der Waals surface area contributed by atoms with Crippen LogP contribution in [-0.2, 0) is 25.5 Å². The van der Waals surface area contributed by atoms with Gasteiger partial charge in [0.2, 0.25) is 5.91 Å². The van der Waals surface area contributed by atoms with Crippen LogP contribution in [0.15, 0.2) is 54.6 Å². The van der Waals surface area contributed by atoms with Crippen LogP contribution in [0.2, 0.25) is 0 Å². The second kappa shape index (κ2) is 10.0. The van der Waals surface area contributed by atoms with Gasteiger partial charge in [0.1, 0.15) is 6.54 Å². The molecule has 0 aliphatic carbocycles. The standard InChI is InChI=1S/C24H26N2O5/c1-16(2)12-20(17-8-4-3-5-9-17)25-21(27)15-31-23(29)14-26-22(28)13-18-10-6-7-11-19(18)24(26)30/h3-11,16,20H,12-15H2,1-2H3,(H,25,27)/t20-/m1/s1. The van der Waals surface area contributed by atoms with Gasteiger partial charge < -0.3 is 10.1 Å². The molecular weight excluding hydrogens is 396 g/mol. The largest absolute Gasteiger partial charge is 0.454 e. The second-order valence-electron chi connectivity index (χ2n) is 7.94. The van der Waals surface area contributed by atoms with Gasteiger partial charge in [-0.2, -0.15) is 0 Å². The maximum atomic E-state index is 12.5. The van der Waals surface area contributed by atoms with E-state index in [-0.39, 0.29) is 12.5 Å². The summed E-state index contributed by atoms with van der Waals surface area (Å²) < 4.78 is 5.04. The van der Waals surface area contributed by atoms with Crippen LogP contribution in [0.3, 0.4) is 0 Å². The number of amides is 3. The average molecular weight is 422 g/mol. The van der Waals surface area contributed by atoms with Gasteiger partial charge >= 0.3 is 5.97 Å². The second-order valence-corrected chi connectivity index (χ2v) is 7.94. The molecule has 162 valence electrons. The highest BCUT2D eigenvalue weighted by molar-refractivity contribution is 6.11. The van der Waals surface area contributed by atoms with Gasteiger partial charge in [0.25, 0.3) is 11.8 Å². The van der Waals surface area contributed by atoms with E-state index in [1.165, 1.54) is 0 Å². The fraction of sp³-hybridized carbons (Fsp3) is 0.333. The zero-order valence-electron chi connectivity index (χ0n) is 17.7. The highest BCUT2D eigenvalue weighted by Crippen LogP contribution is 2.21. The molecule has 3 rings (SSSR count). The number of imide groups is 1. The quantitative estimate of drug-likeness (QED) is 0.522. The fourth-order valence-electron chi connectivity index (χ4n) is 3.55. The molecule has 1 N–H and O–H groups in total. The predicted molar refractivity (Wildman–Crippen MR) is 114 cm³/mol. The molecule has 0 fully saturated rings. The van der Waals surface area contributed by atoms with E-state index in [2.05, 4.69) is 19.2 Å². The Kier molecular flexibility index (Phi) is 7.18. The van der Waals surface area contributed by atoms with E-state index < -0.39 is 36.8 Å². The van der Waals surface area contributed by atoms with Crippen LogP contribution < -0.4 is 5.32 Å². The van der Waals surface area contributed by atoms with Gasteiger partial charge in [-0.15, -0.1) is 0 Å². The van der Waals surface area contributed by atoms with Crippen molar-refractivity contribution in [3.05, 3.63) is 71.3 Å². The van der Waals surface area contributed by atoms with Gasteiger partial charge in [-0.1, -0.05) is 62.4 Å². The molecule has 1 aliphatic rings. The average Bonchev–Trinajstić information content (AvgIpc) is 2.75. The van der Waals surface area contributed by atoms with E-state index in [1.807, 2.05) is 30.3 Å². The van der Waals surface area contributed by atoms with E-state index in [0.717, 1.165) is 16.9 Å². The molecule has 1 heterocycles. The van der Waals surface area contributed by atoms with Gasteiger partial charge in [-0.05, 0) is 29.5 Å². The SMILES string of the molecule is CC(C)C[C@@H](NC(=O)COC(=O)CN1C(=O)Cc2ccccc2C1=O)c1ccccc1. The van der Waals surface area contributed by atoms with Crippen molar-refractivity contribution in [1.82, 2.24) is 10.2 Å². The summed E-state index contributed by atoms with van der Waals surface area (Å²) in [5.41, 5.74) is 2.00. The first-order chi connectivity index (χ1) is 14.8. The lowest BCUT2D eigenvalue weighted by molar-refractivity contribution is -0.151. The molecular formula is C24H26N2O5. The highest BCUT2D eigenvalue weighted by Gasteiger charge is 2.32. The predicted octanol–water partition coefficient (Wildman–Crippen LogP) is 2.66. The molecule has 0 aromatic heterocycles. The summed E-state index contributed by atoms with van der Waals surface area (Å²) in [5, 5.41) is 2.89. The van der Waals surface area contributed by atoms with Gasteiger partial charge in [-0.25, -0.2) is 0 Å². The molecule has 1 atom stereocenters. The van der Waals surface area contributed by atoms with Crippen LogP contribution in [0.5, 0.6) is 0 Å². The number of nitrogens with one attached hydrogen (secondary N) is 1. The van der Waals surface area contributed by atoms with E-state index in [4.69, 9.17) is 4.74 Å². The van der Waals surface area contributed by atoms with E-state index in [9.17, 15) is 19.2 Å². The lowest BCUT2D eigenvalue weighted by Crippen LogP contribution is -2.45. The fourth-order valence-corrected chi connectivity index (χ4v) is 3.55. The Bertz CT molecular complexity index is 971. The molecule has 2 aromatic carbocycles. The monoisotopic (exact) mass is 422 g/mol. The number of carbonyl (C=O) groups is 4. The third-order valence-electron chi connectivity index (χ3n) is 5.03. The Morgan fingerprint density at radius 2 is 1.71 bits per heavy atom. The number of benzene rings is 2. The van der Waals surface area contributed by atoms with Crippen LogP contribution >= 0.6 is 0 Å². The third kappa shape index (κ3) is 5.78. The molecule has 0 spiro atoms. The zero-order valence-corrected chi connectivity index (χ0v) is 17.7. The smallest absolute Gasteiger partial charge is 0.326 e. The maximum Gasteiger partial charge on any atom is 0.326 e. The summed E-state index contributed by atoms with van der Waals surface area (Å²) in [6.07, 6.45) is 0.781. The highest BCUT2D eigenvalue weighted by atomic mass is 16.5. The Balaban J connectivity index is 1.55. The lowest BCUT2D eigenvalue weighted by atomic mass is 9.97. The van der Waals surface area contributed by atoms with Crippen LogP contribution in [0, 0.1) is 5.92 Å². The Morgan fingerprint density at radius 3 is 2.42 bits per heavy atom. The minimum Gasteiger partial charge on any atom is -0.454 e. The number of fused-ring (bicyclic) bond motifs is 1. The number of hydrogen-bond acceptors (Lipinski definition) is 5. The summed E-state index contributed by atoms with van der Waals surface area (Å²) in [6.45, 7) is 3.13. The normalized spacial score (nSPS) is 14.2. The Labute approximate surface area is 181 Å². The molecule has 0 saturated carbocycles. The number of rotatable bonds is 8. The number of ether oxygens (including phenoxy) is 1. The van der Waals surface area contributed by atoms with Crippen LogP contribution in [0.25, 0.3) is 0 Å². The van der Waals surface area contributed by atoms with E-state index >= 15 is 0 Å². The molecule has 2 aromatic rings. The molecule has 1 aliphatic heterocycles. The van der Waals surface area contributed by atoms with Crippen molar-refractivity contribution in [3.63, 3.8) is 0 Å². The summed E-state index contributed by atoms with van der Waals surface area (Å²) >= 11 is 0. The first-order valence-corrected chi connectivity index (χ1v) is 10.3. The van der Waals surface area contributed by atoms with Crippen molar-refractivity contribution in [2.45, 2.75) is 32.7 Å². The summed E-state index contributed by atoms with van der Waals surface area (Å²) in [5.74, 6) is -1.89. The minimum absolute atomic E-state index is 0.0453. The molecule has 7 nitrogen and oxygen atoms in total. The van der Waals surface area contributed by atoms with Crippen molar-refractivity contribution in [2.75, 3.05) is 13.2 Å². The molecule has 0 saturated heterocycles. The van der Waals surface area contributed by atoms with Crippen molar-refractivity contribution in [2.24, 2.45) is 5.92 Å². The van der Waals surface area contributed by atoms with Gasteiger partial charge in [-0.3, -0.25) is 24.1 Å². The molecule has 31 heavy (non-hydrogen) atoms. The van der Waals surface area contributed by atoms with Crippen molar-refractivity contribution in [1.29, 1.82) is 0 Å². The maximum absolute atomic E-state index is 12.5. The van der Waals surface area contributed by atoms with Crippen LogP contribution in [0.1, 0.15) is 47.8 Å². The third-order valence-corrected chi connectivity index (χ3v) is 5.03. The molecule has 0 radical (unpaired) electrons. The number of carbonyl (C=O) groups excluding carboxylic acids is 4. The van der Waals surface area contributed by atoms with Crippen molar-refractivity contribution < 1.29 is 23.9 Å². The van der Waals surface area contributed by atoms with E-state index in [0.29, 0.717) is 17.0 Å². The topological polar surface area (TPSA) is 92.8 Å². The number of nitrogens with zero attached hydrogens (tertiary/aromatic N) is 1. The summed E-state index contributed by atoms with van der Waals surface area (Å²) in [7, 11) is 0. The van der Waals surface area contributed by atoms with Gasteiger partial charge in [0.15, 0.2) is 6.61 Å². The number of hydrogen-bond donors (Lipinski definition) is 1. The molecule has 0 bridgehead atoms. The van der Waals surface area contributed by atoms with Gasteiger partial charge in [0, 0.05) is 5.56 Å². The van der Waals surface area contributed by atoms with E-state index in [1.54, 1.807) is 24.3 Å². The van der Waals surface area contributed by atoms with Crippen LogP contribution in [-0.4, -0.2) is 41.7 Å². The zero-order chi connectivity index (χ0) is 22.4. The summed E-state index contributed by atoms with van der Waals surface area (Å²) in [4.78, 5) is 50.2. The molecule has 7 heteroatoms. The Morgan fingerprint density at radius 1 is 1.03 bits per heavy atom. The summed E-state index contributed by atoms with van der Waals surface area (Å²) in [6, 6.07) is 16.2. The molecule has 3 amide bonds. The minimum atomic E-state index is -0.809. The molecule has 0 unspecified atom stereocenters. The van der Waals surface area contributed by atoms with Crippen molar-refractivity contribution >= 4 is 23.7 Å². The van der Waals surface area contributed by atoms with Crippen LogP contribution in [0.4, 0.5) is 0 Å². The first-order valence-electron chi connectivity index (χ1n) is 10.3. The number of esters is 1. The van der Waals surface area contributed by atoms with Crippen molar-refractivity contribution in [3.8, 4) is 0 Å². The lowest BCUT2D eigenvalue weighted by Gasteiger charge is -2.26. The Hall–Kier alpha value is -3.48. The van der Waals surface area contributed by atoms with Gasteiger partial charge in [0.05, 0.1) is 12.5 Å². The first kappa shape index (κ1) is 22.2.